The quantitative estimate of drug-likeness (QED) is 0.690. The first-order chi connectivity index (χ1) is 12.4. The Morgan fingerprint density at radius 2 is 1.69 bits per heavy atom. The molecule has 3 heteroatoms. The number of alkyl halides is 1. The Kier molecular flexibility index (Phi) is 4.89. The molecule has 0 radical (unpaired) electrons. The minimum absolute atomic E-state index is 0.155. The first-order valence-corrected chi connectivity index (χ1v) is 11.3. The van der Waals surface area contributed by atoms with Crippen LogP contribution < -0.4 is 5.73 Å². The molecule has 26 heavy (non-hydrogen) atoms. The van der Waals surface area contributed by atoms with Crippen LogP contribution in [0.3, 0.4) is 0 Å². The lowest BCUT2D eigenvalue weighted by atomic mass is 9.44. The van der Waals surface area contributed by atoms with E-state index in [9.17, 15) is 9.18 Å². The molecule has 2 N–H and O–H groups in total. The van der Waals surface area contributed by atoms with Gasteiger partial charge in [0, 0.05) is 6.42 Å². The molecular formula is C23H38FNO. The van der Waals surface area contributed by atoms with Gasteiger partial charge in [0.25, 0.3) is 0 Å². The summed E-state index contributed by atoms with van der Waals surface area (Å²) < 4.78 is 14.7. The second-order valence-electron chi connectivity index (χ2n) is 10.7. The van der Waals surface area contributed by atoms with Crippen LogP contribution in [0, 0.1) is 40.4 Å². The molecule has 148 valence electrons. The molecule has 0 bridgehead atoms. The summed E-state index contributed by atoms with van der Waals surface area (Å²) in [5, 5.41) is 0. The Morgan fingerprint density at radius 1 is 0.962 bits per heavy atom. The first kappa shape index (κ1) is 18.7. The summed E-state index contributed by atoms with van der Waals surface area (Å²) in [5.41, 5.74) is 6.05. The van der Waals surface area contributed by atoms with E-state index in [0.717, 1.165) is 49.4 Å². The summed E-state index contributed by atoms with van der Waals surface area (Å²) in [6.45, 7) is 4.99. The topological polar surface area (TPSA) is 43.1 Å². The third kappa shape index (κ3) is 2.83. The lowest BCUT2D eigenvalue weighted by Gasteiger charge is -2.61. The number of carbonyl (C=O) groups excluding carboxylic acids is 1. The van der Waals surface area contributed by atoms with E-state index in [2.05, 4.69) is 13.8 Å². The van der Waals surface area contributed by atoms with Crippen molar-refractivity contribution in [3.63, 3.8) is 0 Å². The van der Waals surface area contributed by atoms with Crippen molar-refractivity contribution in [3.8, 4) is 0 Å². The highest BCUT2D eigenvalue weighted by molar-refractivity contribution is 5.73. The molecule has 0 aromatic rings. The average molecular weight is 364 g/mol. The highest BCUT2D eigenvalue weighted by Crippen LogP contribution is 2.68. The van der Waals surface area contributed by atoms with Crippen molar-refractivity contribution in [1.82, 2.24) is 0 Å². The smallest absolute Gasteiger partial charge is 0.217 e. The summed E-state index contributed by atoms with van der Waals surface area (Å²) >= 11 is 0. The van der Waals surface area contributed by atoms with Gasteiger partial charge in [0.1, 0.15) is 6.17 Å². The van der Waals surface area contributed by atoms with Crippen LogP contribution in [0.1, 0.15) is 90.9 Å². The summed E-state index contributed by atoms with van der Waals surface area (Å²) in [5.74, 6) is 3.34. The number of carbonyl (C=O) groups is 1. The summed E-state index contributed by atoms with van der Waals surface area (Å²) in [4.78, 5) is 11.1. The fourth-order valence-corrected chi connectivity index (χ4v) is 8.44. The monoisotopic (exact) mass is 363 g/mol. The Bertz CT molecular complexity index is 550. The van der Waals surface area contributed by atoms with Gasteiger partial charge < -0.3 is 5.73 Å². The molecule has 1 amide bonds. The van der Waals surface area contributed by atoms with Crippen molar-refractivity contribution in [2.45, 2.75) is 97.1 Å². The molecule has 4 rings (SSSR count). The van der Waals surface area contributed by atoms with Crippen LogP contribution in [0.25, 0.3) is 0 Å². The number of amides is 1. The third-order valence-corrected chi connectivity index (χ3v) is 9.75. The summed E-state index contributed by atoms with van der Waals surface area (Å²) in [6.07, 6.45) is 13.0. The standard InChI is InChI=1S/C23H38FNO/c1-22-14-12-18-16(9-11-19-20(24)6-4-13-23(18,19)2)17(22)10-8-15(22)5-3-7-21(25)26/h15-20H,3-14H2,1-2H3,(H2,25,26). The van der Waals surface area contributed by atoms with E-state index in [4.69, 9.17) is 5.73 Å². The largest absolute Gasteiger partial charge is 0.370 e. The van der Waals surface area contributed by atoms with Crippen LogP contribution >= 0.6 is 0 Å². The number of halogens is 1. The van der Waals surface area contributed by atoms with E-state index in [1.165, 1.54) is 44.9 Å². The zero-order valence-corrected chi connectivity index (χ0v) is 16.8. The Hall–Kier alpha value is -0.600. The van der Waals surface area contributed by atoms with Gasteiger partial charge in [0.15, 0.2) is 0 Å². The van der Waals surface area contributed by atoms with E-state index in [1.54, 1.807) is 0 Å². The maximum Gasteiger partial charge on any atom is 0.217 e. The molecule has 8 unspecified atom stereocenters. The van der Waals surface area contributed by atoms with Crippen LogP contribution in [-0.4, -0.2) is 12.1 Å². The molecule has 0 aromatic carbocycles. The van der Waals surface area contributed by atoms with E-state index in [0.29, 0.717) is 17.8 Å². The predicted octanol–water partition coefficient (Wildman–Crippen LogP) is 5.64. The molecule has 0 heterocycles. The van der Waals surface area contributed by atoms with E-state index in [1.807, 2.05) is 0 Å². The minimum Gasteiger partial charge on any atom is -0.370 e. The predicted molar refractivity (Wildman–Crippen MR) is 103 cm³/mol. The Morgan fingerprint density at radius 3 is 2.46 bits per heavy atom. The van der Waals surface area contributed by atoms with Crippen LogP contribution in [0.5, 0.6) is 0 Å². The Labute approximate surface area is 158 Å². The van der Waals surface area contributed by atoms with Crippen molar-refractivity contribution in [2.75, 3.05) is 0 Å². The normalized spacial score (nSPS) is 50.6. The maximum atomic E-state index is 14.7. The molecule has 8 atom stereocenters. The lowest BCUT2D eigenvalue weighted by molar-refractivity contribution is -0.130. The molecule has 4 aliphatic rings. The van der Waals surface area contributed by atoms with Crippen molar-refractivity contribution in [1.29, 1.82) is 0 Å². The Balaban J connectivity index is 1.50. The van der Waals surface area contributed by atoms with Gasteiger partial charge in [-0.15, -0.1) is 0 Å². The number of fused-ring (bicyclic) bond motifs is 5. The molecule has 0 aromatic heterocycles. The van der Waals surface area contributed by atoms with Gasteiger partial charge >= 0.3 is 0 Å². The van der Waals surface area contributed by atoms with Crippen LogP contribution in [0.4, 0.5) is 4.39 Å². The molecule has 4 fully saturated rings. The van der Waals surface area contributed by atoms with Crippen molar-refractivity contribution in [3.05, 3.63) is 0 Å². The lowest BCUT2D eigenvalue weighted by Crippen LogP contribution is -2.54. The van der Waals surface area contributed by atoms with E-state index >= 15 is 0 Å². The van der Waals surface area contributed by atoms with Gasteiger partial charge in [-0.3, -0.25) is 4.79 Å². The average Bonchev–Trinajstić information content (AvgIpc) is 2.91. The van der Waals surface area contributed by atoms with Crippen molar-refractivity contribution >= 4 is 5.91 Å². The third-order valence-electron chi connectivity index (χ3n) is 9.75. The van der Waals surface area contributed by atoms with Gasteiger partial charge in [-0.2, -0.15) is 0 Å². The fourth-order valence-electron chi connectivity index (χ4n) is 8.44. The molecule has 0 aliphatic heterocycles. The highest BCUT2D eigenvalue weighted by Gasteiger charge is 2.60. The molecule has 2 nitrogen and oxygen atoms in total. The molecule has 4 saturated carbocycles. The SMILES string of the molecule is CC12CCC3C(CCC4C(F)CCCC43C)C1CCC2CCCC(N)=O. The van der Waals surface area contributed by atoms with Gasteiger partial charge in [-0.05, 0) is 111 Å². The number of hydrogen-bond donors (Lipinski definition) is 1. The number of nitrogens with two attached hydrogens (primary N) is 1. The molecule has 0 spiro atoms. The second-order valence-corrected chi connectivity index (χ2v) is 10.7. The highest BCUT2D eigenvalue weighted by atomic mass is 19.1. The second kappa shape index (κ2) is 6.78. The number of rotatable bonds is 4. The molecular weight excluding hydrogens is 325 g/mol. The van der Waals surface area contributed by atoms with Gasteiger partial charge in [0.2, 0.25) is 5.91 Å². The molecule has 0 saturated heterocycles. The zero-order chi connectivity index (χ0) is 18.5. The van der Waals surface area contributed by atoms with Crippen LogP contribution in [-0.2, 0) is 4.79 Å². The fraction of sp³-hybridized carbons (Fsp3) is 0.957. The van der Waals surface area contributed by atoms with Gasteiger partial charge in [-0.25, -0.2) is 4.39 Å². The van der Waals surface area contributed by atoms with Crippen molar-refractivity contribution in [2.24, 2.45) is 46.2 Å². The number of primary amides is 1. The number of hydrogen-bond acceptors (Lipinski definition) is 1. The van der Waals surface area contributed by atoms with Crippen LogP contribution in [0.15, 0.2) is 0 Å². The zero-order valence-electron chi connectivity index (χ0n) is 16.8. The van der Waals surface area contributed by atoms with Gasteiger partial charge in [-0.1, -0.05) is 13.8 Å². The molecule has 4 aliphatic carbocycles. The van der Waals surface area contributed by atoms with Crippen molar-refractivity contribution < 1.29 is 9.18 Å². The van der Waals surface area contributed by atoms with E-state index < -0.39 is 6.17 Å². The van der Waals surface area contributed by atoms with Crippen LogP contribution in [0.2, 0.25) is 0 Å². The minimum atomic E-state index is -0.548. The maximum absolute atomic E-state index is 14.7. The van der Waals surface area contributed by atoms with Gasteiger partial charge in [0.05, 0.1) is 0 Å². The van der Waals surface area contributed by atoms with E-state index in [-0.39, 0.29) is 11.3 Å². The first-order valence-electron chi connectivity index (χ1n) is 11.3. The summed E-state index contributed by atoms with van der Waals surface area (Å²) in [7, 11) is 0. The summed E-state index contributed by atoms with van der Waals surface area (Å²) in [6, 6.07) is 0.